The SMILES string of the molecule is CCCC(NS(=O)(=O)c1c(Cl)cc(Cl)cc1Cl)C(N)c1ccc(O)cc1. The van der Waals surface area contributed by atoms with E-state index in [9.17, 15) is 13.5 Å². The number of aromatic hydroxyl groups is 1. The second-order valence-electron chi connectivity index (χ2n) is 5.83. The number of nitrogens with two attached hydrogens (primary N) is 1. The predicted molar refractivity (Wildman–Crippen MR) is 106 cm³/mol. The van der Waals surface area contributed by atoms with E-state index >= 15 is 0 Å². The number of nitrogens with one attached hydrogen (secondary N) is 1. The summed E-state index contributed by atoms with van der Waals surface area (Å²) in [6, 6.07) is 7.74. The minimum atomic E-state index is -4.02. The van der Waals surface area contributed by atoms with E-state index in [1.807, 2.05) is 6.92 Å². The Balaban J connectivity index is 2.35. The lowest BCUT2D eigenvalue weighted by Crippen LogP contribution is -2.42. The van der Waals surface area contributed by atoms with Crippen LogP contribution < -0.4 is 10.5 Å². The highest BCUT2D eigenvalue weighted by molar-refractivity contribution is 7.89. The molecule has 0 radical (unpaired) electrons. The van der Waals surface area contributed by atoms with E-state index in [1.165, 1.54) is 24.3 Å². The number of hydrogen-bond acceptors (Lipinski definition) is 4. The van der Waals surface area contributed by atoms with Crippen molar-refractivity contribution >= 4 is 44.8 Å². The van der Waals surface area contributed by atoms with Crippen LogP contribution in [0.5, 0.6) is 5.75 Å². The lowest BCUT2D eigenvalue weighted by atomic mass is 9.97. The molecule has 0 spiro atoms. The molecular formula is C17H19Cl3N2O3S. The van der Waals surface area contributed by atoms with E-state index in [0.717, 1.165) is 0 Å². The van der Waals surface area contributed by atoms with Gasteiger partial charge >= 0.3 is 0 Å². The van der Waals surface area contributed by atoms with Gasteiger partial charge in [-0.3, -0.25) is 0 Å². The minimum absolute atomic E-state index is 0.0662. The summed E-state index contributed by atoms with van der Waals surface area (Å²) < 4.78 is 28.3. The Kier molecular flexibility index (Phi) is 7.19. The Morgan fingerprint density at radius 2 is 1.65 bits per heavy atom. The summed E-state index contributed by atoms with van der Waals surface area (Å²) >= 11 is 17.9. The van der Waals surface area contributed by atoms with Gasteiger partial charge in [-0.1, -0.05) is 60.3 Å². The second kappa shape index (κ2) is 8.78. The average molecular weight is 438 g/mol. The number of phenols is 1. The Morgan fingerprint density at radius 1 is 1.12 bits per heavy atom. The molecule has 0 aromatic heterocycles. The molecule has 2 aromatic rings. The molecule has 0 aliphatic heterocycles. The van der Waals surface area contributed by atoms with Crippen molar-refractivity contribution in [1.29, 1.82) is 0 Å². The van der Waals surface area contributed by atoms with Crippen molar-refractivity contribution in [3.8, 4) is 5.75 Å². The van der Waals surface area contributed by atoms with Gasteiger partial charge in [-0.15, -0.1) is 0 Å². The zero-order valence-electron chi connectivity index (χ0n) is 13.9. The number of halogens is 3. The monoisotopic (exact) mass is 436 g/mol. The molecule has 142 valence electrons. The largest absolute Gasteiger partial charge is 0.508 e. The number of hydrogen-bond donors (Lipinski definition) is 3. The minimum Gasteiger partial charge on any atom is -0.508 e. The number of sulfonamides is 1. The first-order valence-corrected chi connectivity index (χ1v) is 10.5. The first-order valence-electron chi connectivity index (χ1n) is 7.87. The zero-order chi connectivity index (χ0) is 19.5. The molecule has 0 amide bonds. The fraction of sp³-hybridized carbons (Fsp3) is 0.294. The highest BCUT2D eigenvalue weighted by atomic mass is 35.5. The van der Waals surface area contributed by atoms with Crippen molar-refractivity contribution in [3.05, 3.63) is 57.0 Å². The maximum absolute atomic E-state index is 12.8. The van der Waals surface area contributed by atoms with E-state index in [4.69, 9.17) is 40.5 Å². The Hall–Kier alpha value is -1.02. The van der Waals surface area contributed by atoms with Gasteiger partial charge in [-0.05, 0) is 36.2 Å². The van der Waals surface area contributed by atoms with Crippen LogP contribution >= 0.6 is 34.8 Å². The van der Waals surface area contributed by atoms with Crippen LogP contribution in [-0.2, 0) is 10.0 Å². The topological polar surface area (TPSA) is 92.4 Å². The number of rotatable bonds is 7. The van der Waals surface area contributed by atoms with Crippen LogP contribution in [0.25, 0.3) is 0 Å². The maximum atomic E-state index is 12.8. The third-order valence-corrected chi connectivity index (χ3v) is 6.48. The third kappa shape index (κ3) is 5.03. The fourth-order valence-corrected chi connectivity index (χ4v) is 5.43. The van der Waals surface area contributed by atoms with Crippen molar-refractivity contribution in [2.24, 2.45) is 5.73 Å². The van der Waals surface area contributed by atoms with Crippen molar-refractivity contribution in [2.75, 3.05) is 0 Å². The Labute approximate surface area is 168 Å². The van der Waals surface area contributed by atoms with E-state index < -0.39 is 22.1 Å². The van der Waals surface area contributed by atoms with Crippen LogP contribution in [-0.4, -0.2) is 19.6 Å². The van der Waals surface area contributed by atoms with Crippen LogP contribution in [0.1, 0.15) is 31.4 Å². The molecule has 9 heteroatoms. The third-order valence-electron chi connectivity index (χ3n) is 3.85. The molecule has 0 aliphatic rings. The highest BCUT2D eigenvalue weighted by Crippen LogP contribution is 2.33. The molecule has 2 atom stereocenters. The van der Waals surface area contributed by atoms with Crippen LogP contribution in [0.3, 0.4) is 0 Å². The van der Waals surface area contributed by atoms with Gasteiger partial charge in [-0.2, -0.15) is 0 Å². The summed E-state index contributed by atoms with van der Waals surface area (Å²) in [4.78, 5) is -0.232. The van der Waals surface area contributed by atoms with Crippen molar-refractivity contribution in [2.45, 2.75) is 36.7 Å². The number of benzene rings is 2. The van der Waals surface area contributed by atoms with Gasteiger partial charge in [0.1, 0.15) is 10.6 Å². The first kappa shape index (κ1) is 21.3. The molecule has 0 bridgehead atoms. The molecule has 0 fully saturated rings. The normalized spacial score (nSPS) is 14.2. The summed E-state index contributed by atoms with van der Waals surface area (Å²) in [5.41, 5.74) is 6.96. The fourth-order valence-electron chi connectivity index (χ4n) is 2.60. The lowest BCUT2D eigenvalue weighted by Gasteiger charge is -2.25. The van der Waals surface area contributed by atoms with E-state index in [2.05, 4.69) is 4.72 Å². The van der Waals surface area contributed by atoms with Crippen molar-refractivity contribution < 1.29 is 13.5 Å². The average Bonchev–Trinajstić information content (AvgIpc) is 2.53. The Bertz CT molecular complexity index is 850. The molecule has 2 unspecified atom stereocenters. The summed E-state index contributed by atoms with van der Waals surface area (Å²) in [5, 5.41) is 9.51. The van der Waals surface area contributed by atoms with Gasteiger partial charge < -0.3 is 10.8 Å². The lowest BCUT2D eigenvalue weighted by molar-refractivity contribution is 0.455. The smallest absolute Gasteiger partial charge is 0.243 e. The second-order valence-corrected chi connectivity index (χ2v) is 8.73. The van der Waals surface area contributed by atoms with Crippen LogP contribution in [0, 0.1) is 0 Å². The van der Waals surface area contributed by atoms with Gasteiger partial charge in [0, 0.05) is 17.1 Å². The van der Waals surface area contributed by atoms with E-state index in [1.54, 1.807) is 12.1 Å². The van der Waals surface area contributed by atoms with Gasteiger partial charge in [0.2, 0.25) is 10.0 Å². The summed E-state index contributed by atoms with van der Waals surface area (Å²) in [7, 11) is -4.02. The maximum Gasteiger partial charge on any atom is 0.243 e. The standard InChI is InChI=1S/C17H19Cl3N2O3S/c1-2-3-15(16(21)10-4-6-12(23)7-5-10)22-26(24,25)17-13(19)8-11(18)9-14(17)20/h4-9,15-16,22-23H,2-3,21H2,1H3. The van der Waals surface area contributed by atoms with Crippen LogP contribution in [0.15, 0.2) is 41.3 Å². The number of phenolic OH excluding ortho intramolecular Hbond substituents is 1. The molecule has 2 rings (SSSR count). The van der Waals surface area contributed by atoms with Gasteiger partial charge in [0.25, 0.3) is 0 Å². The first-order chi connectivity index (χ1) is 12.2. The molecule has 4 N–H and O–H groups in total. The molecule has 5 nitrogen and oxygen atoms in total. The molecular weight excluding hydrogens is 419 g/mol. The van der Waals surface area contributed by atoms with Crippen molar-refractivity contribution in [3.63, 3.8) is 0 Å². The molecule has 26 heavy (non-hydrogen) atoms. The molecule has 0 aliphatic carbocycles. The summed E-state index contributed by atoms with van der Waals surface area (Å²) in [5.74, 6) is 0.105. The van der Waals surface area contributed by atoms with E-state index in [0.29, 0.717) is 18.4 Å². The van der Waals surface area contributed by atoms with Gasteiger partial charge in [0.15, 0.2) is 0 Å². The molecule has 0 heterocycles. The summed E-state index contributed by atoms with van der Waals surface area (Å²) in [6.45, 7) is 1.92. The van der Waals surface area contributed by atoms with Gasteiger partial charge in [-0.25, -0.2) is 13.1 Å². The van der Waals surface area contributed by atoms with E-state index in [-0.39, 0.29) is 25.7 Å². The quantitative estimate of drug-likeness (QED) is 0.594. The van der Waals surface area contributed by atoms with Crippen LogP contribution in [0.2, 0.25) is 15.1 Å². The Morgan fingerprint density at radius 3 is 2.15 bits per heavy atom. The molecule has 0 saturated heterocycles. The molecule has 2 aromatic carbocycles. The van der Waals surface area contributed by atoms with Crippen LogP contribution in [0.4, 0.5) is 0 Å². The predicted octanol–water partition coefficient (Wildman–Crippen LogP) is 4.50. The highest BCUT2D eigenvalue weighted by Gasteiger charge is 2.29. The summed E-state index contributed by atoms with van der Waals surface area (Å²) in [6.07, 6.45) is 1.21. The zero-order valence-corrected chi connectivity index (χ0v) is 17.0. The van der Waals surface area contributed by atoms with Crippen molar-refractivity contribution in [1.82, 2.24) is 4.72 Å². The molecule has 0 saturated carbocycles. The van der Waals surface area contributed by atoms with Gasteiger partial charge in [0.05, 0.1) is 10.0 Å².